The molecule has 2 aromatic carbocycles. The molecule has 0 radical (unpaired) electrons. The number of sulfonamides is 1. The minimum atomic E-state index is -4.09. The number of benzene rings is 2. The molecule has 0 saturated heterocycles. The third kappa shape index (κ3) is 6.76. The second-order valence-electron chi connectivity index (χ2n) is 10.7. The smallest absolute Gasteiger partial charge is 0.237 e. The quantitative estimate of drug-likeness (QED) is 0.276. The van der Waals surface area contributed by atoms with Gasteiger partial charge in [-0.1, -0.05) is 12.1 Å². The molecule has 216 valence electrons. The number of hydrogen-bond acceptors (Lipinski definition) is 7. The highest BCUT2D eigenvalue weighted by Crippen LogP contribution is 2.31. The summed E-state index contributed by atoms with van der Waals surface area (Å²) in [5, 5.41) is 3.41. The number of rotatable bonds is 8. The third-order valence-electron chi connectivity index (χ3n) is 7.37. The fourth-order valence-corrected chi connectivity index (χ4v) is 6.33. The highest BCUT2D eigenvalue weighted by molar-refractivity contribution is 7.91. The van der Waals surface area contributed by atoms with Gasteiger partial charge in [0.15, 0.2) is 0 Å². The first-order chi connectivity index (χ1) is 19.5. The van der Waals surface area contributed by atoms with Crippen LogP contribution in [0.1, 0.15) is 36.8 Å². The molecule has 2 heterocycles. The minimum absolute atomic E-state index is 0.131. The zero-order valence-electron chi connectivity index (χ0n) is 23.0. The van der Waals surface area contributed by atoms with Gasteiger partial charge in [0, 0.05) is 23.7 Å². The van der Waals surface area contributed by atoms with Gasteiger partial charge in [-0.25, -0.2) is 36.5 Å². The Hall–Kier alpha value is -3.77. The van der Waals surface area contributed by atoms with E-state index in [2.05, 4.69) is 44.0 Å². The zero-order valence-corrected chi connectivity index (χ0v) is 23.8. The van der Waals surface area contributed by atoms with E-state index >= 15 is 4.39 Å². The summed E-state index contributed by atoms with van der Waals surface area (Å²) in [5.41, 5.74) is 1.52. The van der Waals surface area contributed by atoms with Crippen LogP contribution in [0.3, 0.4) is 0 Å². The average Bonchev–Trinajstić information content (AvgIpc) is 2.92. The van der Waals surface area contributed by atoms with E-state index in [-0.39, 0.29) is 17.3 Å². The molecule has 0 bridgehead atoms. The van der Waals surface area contributed by atoms with Crippen LogP contribution >= 0.6 is 0 Å². The first-order valence-corrected chi connectivity index (χ1v) is 14.9. The molecular formula is C29H31F3N6O2S. The van der Waals surface area contributed by atoms with Crippen LogP contribution in [-0.2, 0) is 15.8 Å². The van der Waals surface area contributed by atoms with Crippen LogP contribution in [0, 0.1) is 24.4 Å². The van der Waals surface area contributed by atoms with Crippen LogP contribution in [0.2, 0.25) is 0 Å². The molecule has 0 spiro atoms. The fraction of sp³-hybridized carbons (Fsp3) is 0.345. The van der Waals surface area contributed by atoms with E-state index in [0.29, 0.717) is 34.2 Å². The van der Waals surface area contributed by atoms with Crippen molar-refractivity contribution in [3.63, 3.8) is 0 Å². The van der Waals surface area contributed by atoms with E-state index < -0.39 is 38.9 Å². The van der Waals surface area contributed by atoms with Gasteiger partial charge in [0.05, 0.1) is 28.8 Å². The molecule has 1 saturated carbocycles. The van der Waals surface area contributed by atoms with Crippen molar-refractivity contribution in [2.75, 3.05) is 24.1 Å². The van der Waals surface area contributed by atoms with Gasteiger partial charge in [0.1, 0.15) is 23.0 Å². The molecule has 5 rings (SSSR count). The molecule has 0 atom stereocenters. The molecule has 1 aliphatic carbocycles. The van der Waals surface area contributed by atoms with Gasteiger partial charge in [-0.3, -0.25) is 4.72 Å². The Morgan fingerprint density at radius 2 is 1.66 bits per heavy atom. The Morgan fingerprint density at radius 3 is 2.34 bits per heavy atom. The molecule has 4 aromatic rings. The van der Waals surface area contributed by atoms with Gasteiger partial charge >= 0.3 is 0 Å². The monoisotopic (exact) mass is 584 g/mol. The molecule has 0 unspecified atom stereocenters. The zero-order chi connectivity index (χ0) is 29.3. The molecule has 0 amide bonds. The number of fused-ring (bicyclic) bond motifs is 1. The number of hydrogen-bond donors (Lipinski definition) is 2. The minimum Gasteiger partial charge on any atom is -0.351 e. The predicted molar refractivity (Wildman–Crippen MR) is 153 cm³/mol. The summed E-state index contributed by atoms with van der Waals surface area (Å²) in [6.45, 7) is 1.80. The molecule has 1 fully saturated rings. The highest BCUT2D eigenvalue weighted by atomic mass is 32.2. The van der Waals surface area contributed by atoms with Gasteiger partial charge in [-0.15, -0.1) is 0 Å². The third-order valence-corrected chi connectivity index (χ3v) is 8.61. The number of aromatic nitrogens is 3. The van der Waals surface area contributed by atoms with Crippen LogP contribution in [-0.4, -0.2) is 54.4 Å². The molecule has 2 aromatic heterocycles. The summed E-state index contributed by atoms with van der Waals surface area (Å²) in [5.74, 6) is -2.37. The Morgan fingerprint density at radius 1 is 0.951 bits per heavy atom. The summed E-state index contributed by atoms with van der Waals surface area (Å²) < 4.78 is 70.4. The van der Waals surface area contributed by atoms with E-state index in [9.17, 15) is 17.2 Å². The maximum atomic E-state index is 15.2. The largest absolute Gasteiger partial charge is 0.351 e. The lowest BCUT2D eigenvalue weighted by molar-refractivity contribution is 0.221. The van der Waals surface area contributed by atoms with Gasteiger partial charge in [-0.05, 0) is 82.1 Å². The predicted octanol–water partition coefficient (Wildman–Crippen LogP) is 5.64. The van der Waals surface area contributed by atoms with Crippen molar-refractivity contribution < 1.29 is 21.6 Å². The van der Waals surface area contributed by atoms with Crippen molar-refractivity contribution in [2.45, 2.75) is 50.4 Å². The number of nitrogens with zero attached hydrogens (tertiary/aromatic N) is 4. The molecule has 41 heavy (non-hydrogen) atoms. The summed E-state index contributed by atoms with van der Waals surface area (Å²) >= 11 is 0. The molecule has 8 nitrogen and oxygen atoms in total. The lowest BCUT2D eigenvalue weighted by Crippen LogP contribution is -2.36. The van der Waals surface area contributed by atoms with E-state index in [1.165, 1.54) is 12.1 Å². The number of aryl methyl sites for hydroxylation is 1. The van der Waals surface area contributed by atoms with Gasteiger partial charge in [0.2, 0.25) is 16.0 Å². The van der Waals surface area contributed by atoms with E-state index in [1.807, 2.05) is 0 Å². The van der Waals surface area contributed by atoms with Crippen molar-refractivity contribution in [3.05, 3.63) is 77.2 Å². The number of anilines is 2. The lowest BCUT2D eigenvalue weighted by atomic mass is 9.91. The number of pyridine rings is 1. The summed E-state index contributed by atoms with van der Waals surface area (Å²) in [6.07, 6.45) is 5.78. The van der Waals surface area contributed by atoms with Crippen LogP contribution in [0.4, 0.5) is 24.8 Å². The van der Waals surface area contributed by atoms with Crippen LogP contribution in [0.5, 0.6) is 0 Å². The van der Waals surface area contributed by atoms with Crippen molar-refractivity contribution in [1.82, 2.24) is 19.9 Å². The molecule has 0 aliphatic heterocycles. The van der Waals surface area contributed by atoms with Crippen LogP contribution < -0.4 is 10.0 Å². The van der Waals surface area contributed by atoms with E-state index in [0.717, 1.165) is 49.9 Å². The van der Waals surface area contributed by atoms with Gasteiger partial charge in [-0.2, -0.15) is 0 Å². The Balaban J connectivity index is 1.34. The topological polar surface area (TPSA) is 100 Å². The van der Waals surface area contributed by atoms with Crippen molar-refractivity contribution in [3.8, 4) is 11.3 Å². The number of nitrogens with one attached hydrogen (secondary N) is 2. The normalized spacial score (nSPS) is 17.6. The fourth-order valence-electron chi connectivity index (χ4n) is 5.13. The SMILES string of the molecule is Cc1cc(-c2cc(F)c(NS(=O)(=O)Cc3ccc(F)cc3)cc2F)nc2cnc(N[C@H]3CC[C@H](N(C)C)CC3)nc12. The Bertz CT molecular complexity index is 1670. The van der Waals surface area contributed by atoms with Gasteiger partial charge in [0.25, 0.3) is 0 Å². The van der Waals surface area contributed by atoms with Gasteiger partial charge < -0.3 is 10.2 Å². The molecule has 12 heteroatoms. The van der Waals surface area contributed by atoms with Crippen molar-refractivity contribution in [1.29, 1.82) is 0 Å². The van der Waals surface area contributed by atoms with Crippen LogP contribution in [0.15, 0.2) is 48.7 Å². The summed E-state index contributed by atoms with van der Waals surface area (Å²) in [6, 6.07) is 9.01. The first kappa shape index (κ1) is 28.7. The molecule has 1 aliphatic rings. The second kappa shape index (κ2) is 11.6. The maximum absolute atomic E-state index is 15.2. The highest BCUT2D eigenvalue weighted by Gasteiger charge is 2.23. The summed E-state index contributed by atoms with van der Waals surface area (Å²) in [4.78, 5) is 15.7. The van der Waals surface area contributed by atoms with Crippen molar-refractivity contribution >= 4 is 32.7 Å². The average molecular weight is 585 g/mol. The van der Waals surface area contributed by atoms with Crippen LogP contribution in [0.25, 0.3) is 22.3 Å². The maximum Gasteiger partial charge on any atom is 0.237 e. The molecule has 2 N–H and O–H groups in total. The molecular weight excluding hydrogens is 553 g/mol. The second-order valence-corrected chi connectivity index (χ2v) is 12.4. The van der Waals surface area contributed by atoms with Crippen molar-refractivity contribution in [2.24, 2.45) is 0 Å². The lowest BCUT2D eigenvalue weighted by Gasteiger charge is -2.32. The first-order valence-electron chi connectivity index (χ1n) is 13.3. The van der Waals surface area contributed by atoms with E-state index in [1.54, 1.807) is 19.2 Å². The Labute approximate surface area is 237 Å². The summed E-state index contributed by atoms with van der Waals surface area (Å²) in [7, 11) is 0.107. The number of halogens is 3. The standard InChI is InChI=1S/C29H31F3N6O2S/c1-17-12-25(35-27-15-33-29(36-28(17)27)34-20-8-10-21(11-9-20)38(2)3)22-13-24(32)26(14-23(22)31)37-41(39,40)16-18-4-6-19(30)7-5-18/h4-7,12-15,20-21,37H,8-11,16H2,1-3H3,(H,33,34,36)/t20-,21-. The Kier molecular flexibility index (Phi) is 8.14. The van der Waals surface area contributed by atoms with E-state index in [4.69, 9.17) is 0 Å².